The van der Waals surface area contributed by atoms with Crippen LogP contribution in [0.2, 0.25) is 0 Å². The van der Waals surface area contributed by atoms with Gasteiger partial charge in [-0.25, -0.2) is 0 Å². The van der Waals surface area contributed by atoms with Crippen LogP contribution in [-0.2, 0) is 16.0 Å². The molecule has 2 amide bonds. The number of hydrogen-bond acceptors (Lipinski definition) is 3. The first-order valence-electron chi connectivity index (χ1n) is 7.78. The van der Waals surface area contributed by atoms with Gasteiger partial charge in [0.1, 0.15) is 5.75 Å². The molecule has 0 spiro atoms. The molecular formula is C17H22N2O3. The highest BCUT2D eigenvalue weighted by Gasteiger charge is 2.43. The zero-order valence-corrected chi connectivity index (χ0v) is 13.1. The summed E-state index contributed by atoms with van der Waals surface area (Å²) >= 11 is 0. The first-order valence-corrected chi connectivity index (χ1v) is 7.78. The van der Waals surface area contributed by atoms with Crippen LogP contribution in [0, 0.1) is 0 Å². The SMILES string of the molecule is COc1ccc(CC(=O)N2CC[C@@H]3[C@H]2CCC(=O)N3C)cc1. The maximum absolute atomic E-state index is 12.6. The van der Waals surface area contributed by atoms with Gasteiger partial charge in [-0.1, -0.05) is 12.1 Å². The number of rotatable bonds is 3. The lowest BCUT2D eigenvalue weighted by molar-refractivity contribution is -0.140. The van der Waals surface area contributed by atoms with Crippen LogP contribution in [0.4, 0.5) is 0 Å². The Hall–Kier alpha value is -2.04. The number of amides is 2. The summed E-state index contributed by atoms with van der Waals surface area (Å²) in [7, 11) is 3.49. The lowest BCUT2D eigenvalue weighted by atomic mass is 9.97. The largest absolute Gasteiger partial charge is 0.497 e. The second-order valence-electron chi connectivity index (χ2n) is 6.08. The molecule has 1 aromatic carbocycles. The number of nitrogens with zero attached hydrogens (tertiary/aromatic N) is 2. The second kappa shape index (κ2) is 5.99. The van der Waals surface area contributed by atoms with Crippen LogP contribution in [0.15, 0.2) is 24.3 Å². The maximum Gasteiger partial charge on any atom is 0.227 e. The Balaban J connectivity index is 1.66. The number of likely N-dealkylation sites (tertiary alicyclic amines) is 2. The van der Waals surface area contributed by atoms with Gasteiger partial charge in [0.2, 0.25) is 11.8 Å². The van der Waals surface area contributed by atoms with Crippen LogP contribution < -0.4 is 4.74 Å². The number of piperidine rings is 1. The summed E-state index contributed by atoms with van der Waals surface area (Å²) in [6, 6.07) is 8.00. The van der Waals surface area contributed by atoms with E-state index in [9.17, 15) is 9.59 Å². The fourth-order valence-electron chi connectivity index (χ4n) is 3.60. The van der Waals surface area contributed by atoms with Crippen LogP contribution in [0.5, 0.6) is 5.75 Å². The summed E-state index contributed by atoms with van der Waals surface area (Å²) in [6.45, 7) is 0.752. The van der Waals surface area contributed by atoms with Crippen molar-refractivity contribution in [2.45, 2.75) is 37.8 Å². The average Bonchev–Trinajstić information content (AvgIpc) is 2.96. The molecule has 1 aromatic rings. The molecule has 0 bridgehead atoms. The zero-order valence-electron chi connectivity index (χ0n) is 13.1. The van der Waals surface area contributed by atoms with Crippen molar-refractivity contribution in [3.8, 4) is 5.75 Å². The van der Waals surface area contributed by atoms with Crippen molar-refractivity contribution in [2.75, 3.05) is 20.7 Å². The third-order valence-corrected chi connectivity index (χ3v) is 4.89. The fraction of sp³-hybridized carbons (Fsp3) is 0.529. The predicted octanol–water partition coefficient (Wildman–Crippen LogP) is 1.46. The Bertz CT molecular complexity index is 570. The Kier molecular flexibility index (Phi) is 4.05. The second-order valence-corrected chi connectivity index (χ2v) is 6.08. The summed E-state index contributed by atoms with van der Waals surface area (Å²) in [4.78, 5) is 28.2. The van der Waals surface area contributed by atoms with E-state index < -0.39 is 0 Å². The Morgan fingerprint density at radius 1 is 1.23 bits per heavy atom. The Labute approximate surface area is 130 Å². The summed E-state index contributed by atoms with van der Waals surface area (Å²) in [5.74, 6) is 1.15. The van der Waals surface area contributed by atoms with Crippen LogP contribution in [0.3, 0.4) is 0 Å². The van der Waals surface area contributed by atoms with Crippen molar-refractivity contribution in [3.63, 3.8) is 0 Å². The summed E-state index contributed by atoms with van der Waals surface area (Å²) in [6.07, 6.45) is 2.64. The van der Waals surface area contributed by atoms with Crippen molar-refractivity contribution in [3.05, 3.63) is 29.8 Å². The van der Waals surface area contributed by atoms with Crippen LogP contribution in [0.1, 0.15) is 24.8 Å². The van der Waals surface area contributed by atoms with Crippen LogP contribution >= 0.6 is 0 Å². The van der Waals surface area contributed by atoms with E-state index in [2.05, 4.69) is 0 Å². The number of hydrogen-bond donors (Lipinski definition) is 0. The van der Waals surface area contributed by atoms with Gasteiger partial charge in [0.05, 0.1) is 25.6 Å². The topological polar surface area (TPSA) is 49.9 Å². The number of ether oxygens (including phenoxy) is 1. The van der Waals surface area contributed by atoms with E-state index in [1.165, 1.54) is 0 Å². The normalized spacial score (nSPS) is 24.4. The molecule has 0 radical (unpaired) electrons. The number of fused-ring (bicyclic) bond motifs is 1. The van der Waals surface area contributed by atoms with Gasteiger partial charge in [0.15, 0.2) is 0 Å². The van der Waals surface area contributed by atoms with Crippen LogP contribution in [0.25, 0.3) is 0 Å². The van der Waals surface area contributed by atoms with Gasteiger partial charge >= 0.3 is 0 Å². The van der Waals surface area contributed by atoms with E-state index in [1.54, 1.807) is 7.11 Å². The van der Waals surface area contributed by atoms with Crippen molar-refractivity contribution in [2.24, 2.45) is 0 Å². The molecule has 0 unspecified atom stereocenters. The minimum absolute atomic E-state index is 0.153. The average molecular weight is 302 g/mol. The molecule has 5 heteroatoms. The molecule has 2 atom stereocenters. The molecule has 22 heavy (non-hydrogen) atoms. The number of carbonyl (C=O) groups is 2. The minimum atomic E-state index is 0.153. The van der Waals surface area contributed by atoms with E-state index in [0.717, 1.165) is 30.7 Å². The standard InChI is InChI=1S/C17H22N2O3/c1-18-14-9-10-19(15(14)7-8-16(18)20)17(21)11-12-3-5-13(22-2)6-4-12/h3-6,14-15H,7-11H2,1-2H3/t14-,15-/m1/s1. The number of methoxy groups -OCH3 is 1. The van der Waals surface area contributed by atoms with Crippen molar-refractivity contribution < 1.29 is 14.3 Å². The molecule has 2 aliphatic rings. The smallest absolute Gasteiger partial charge is 0.227 e. The van der Waals surface area contributed by atoms with Crippen molar-refractivity contribution in [1.29, 1.82) is 0 Å². The van der Waals surface area contributed by atoms with Crippen molar-refractivity contribution >= 4 is 11.8 Å². The van der Waals surface area contributed by atoms with Crippen molar-refractivity contribution in [1.82, 2.24) is 9.80 Å². The summed E-state index contributed by atoms with van der Waals surface area (Å²) in [5, 5.41) is 0. The molecule has 0 N–H and O–H groups in total. The van der Waals surface area contributed by atoms with Gasteiger partial charge in [-0.15, -0.1) is 0 Å². The summed E-state index contributed by atoms with van der Waals surface area (Å²) in [5.41, 5.74) is 0.995. The zero-order chi connectivity index (χ0) is 15.7. The molecule has 2 aliphatic heterocycles. The van der Waals surface area contributed by atoms with Gasteiger partial charge in [-0.2, -0.15) is 0 Å². The Morgan fingerprint density at radius 3 is 2.64 bits per heavy atom. The highest BCUT2D eigenvalue weighted by Crippen LogP contribution is 2.30. The van der Waals surface area contributed by atoms with E-state index in [4.69, 9.17) is 4.74 Å². The Morgan fingerprint density at radius 2 is 1.95 bits per heavy atom. The monoisotopic (exact) mass is 302 g/mol. The molecule has 0 aliphatic carbocycles. The predicted molar refractivity (Wildman–Crippen MR) is 82.6 cm³/mol. The van der Waals surface area contributed by atoms with Gasteiger partial charge < -0.3 is 14.5 Å². The highest BCUT2D eigenvalue weighted by molar-refractivity contribution is 5.81. The van der Waals surface area contributed by atoms with Gasteiger partial charge in [-0.3, -0.25) is 9.59 Å². The van der Waals surface area contributed by atoms with E-state index >= 15 is 0 Å². The molecular weight excluding hydrogens is 280 g/mol. The van der Waals surface area contributed by atoms with Gasteiger partial charge in [0.25, 0.3) is 0 Å². The molecule has 2 heterocycles. The lowest BCUT2D eigenvalue weighted by Crippen LogP contribution is -2.51. The first-order chi connectivity index (χ1) is 10.6. The molecule has 5 nitrogen and oxygen atoms in total. The number of carbonyl (C=O) groups excluding carboxylic acids is 2. The first kappa shape index (κ1) is 14.9. The molecule has 0 saturated carbocycles. The third-order valence-electron chi connectivity index (χ3n) is 4.89. The fourth-order valence-corrected chi connectivity index (χ4v) is 3.60. The van der Waals surface area contributed by atoms with E-state index in [0.29, 0.717) is 12.8 Å². The lowest BCUT2D eigenvalue weighted by Gasteiger charge is -2.37. The summed E-state index contributed by atoms with van der Waals surface area (Å²) < 4.78 is 5.13. The van der Waals surface area contributed by atoms with Crippen LogP contribution in [-0.4, -0.2) is 54.4 Å². The van der Waals surface area contributed by atoms with E-state index in [1.807, 2.05) is 41.1 Å². The van der Waals surface area contributed by atoms with Gasteiger partial charge in [-0.05, 0) is 30.5 Å². The van der Waals surface area contributed by atoms with E-state index in [-0.39, 0.29) is 23.9 Å². The van der Waals surface area contributed by atoms with Gasteiger partial charge in [0, 0.05) is 20.0 Å². The third kappa shape index (κ3) is 2.67. The number of likely N-dealkylation sites (N-methyl/N-ethyl adjacent to an activating group) is 1. The molecule has 2 fully saturated rings. The minimum Gasteiger partial charge on any atom is -0.497 e. The molecule has 0 aromatic heterocycles. The number of benzene rings is 1. The maximum atomic E-state index is 12.6. The molecule has 2 saturated heterocycles. The molecule has 118 valence electrons. The molecule has 3 rings (SSSR count). The quantitative estimate of drug-likeness (QED) is 0.849. The highest BCUT2D eigenvalue weighted by atomic mass is 16.5.